The van der Waals surface area contributed by atoms with Gasteiger partial charge in [0, 0.05) is 32.4 Å². The Hall–Kier alpha value is -1.85. The minimum absolute atomic E-state index is 0.128. The molecule has 1 aromatic heterocycles. The normalized spacial score (nSPS) is 21.2. The second kappa shape index (κ2) is 7.81. The van der Waals surface area contributed by atoms with Gasteiger partial charge >= 0.3 is 0 Å². The number of methoxy groups -OCH3 is 1. The van der Waals surface area contributed by atoms with Crippen LogP contribution in [-0.4, -0.2) is 39.0 Å². The predicted octanol–water partition coefficient (Wildman–Crippen LogP) is 2.73. The highest BCUT2D eigenvalue weighted by Gasteiger charge is 2.25. The fourth-order valence-corrected chi connectivity index (χ4v) is 3.51. The monoisotopic (exact) mass is 329 g/mol. The Kier molecular flexibility index (Phi) is 5.53. The lowest BCUT2D eigenvalue weighted by atomic mass is 9.91. The topological polar surface area (TPSA) is 50.5 Å². The molecule has 1 aliphatic rings. The third-order valence-electron chi connectivity index (χ3n) is 4.99. The lowest BCUT2D eigenvalue weighted by Crippen LogP contribution is -2.38. The maximum Gasteiger partial charge on any atom is 0.119 e. The second-order valence-corrected chi connectivity index (χ2v) is 6.67. The van der Waals surface area contributed by atoms with Crippen molar-refractivity contribution in [2.24, 2.45) is 7.05 Å². The van der Waals surface area contributed by atoms with Crippen molar-refractivity contribution in [3.05, 3.63) is 47.8 Å². The summed E-state index contributed by atoms with van der Waals surface area (Å²) in [7, 11) is 3.69. The number of ether oxygens (including phenoxy) is 1. The number of aliphatic hydroxyl groups is 1. The standard InChI is InChI=1S/C19H27N3O2/c1-21-17(10-11-20-21)14-22(16-6-8-18(23)9-7-16)13-15-4-3-5-19(12-15)24-2/h3-5,10-12,16,18,23H,6-9,13-14H2,1-2H3. The smallest absolute Gasteiger partial charge is 0.119 e. The van der Waals surface area contributed by atoms with Gasteiger partial charge in [0.25, 0.3) is 0 Å². The summed E-state index contributed by atoms with van der Waals surface area (Å²) in [6.07, 6.45) is 5.60. The van der Waals surface area contributed by atoms with Gasteiger partial charge in [-0.2, -0.15) is 5.10 Å². The van der Waals surface area contributed by atoms with Crippen LogP contribution in [-0.2, 0) is 20.1 Å². The van der Waals surface area contributed by atoms with Crippen molar-refractivity contribution < 1.29 is 9.84 Å². The van der Waals surface area contributed by atoms with Crippen LogP contribution >= 0.6 is 0 Å². The Morgan fingerprint density at radius 2 is 2.00 bits per heavy atom. The van der Waals surface area contributed by atoms with Crippen LogP contribution in [0.3, 0.4) is 0 Å². The molecule has 0 aliphatic heterocycles. The van der Waals surface area contributed by atoms with Gasteiger partial charge in [0.05, 0.1) is 18.9 Å². The first-order valence-electron chi connectivity index (χ1n) is 8.67. The van der Waals surface area contributed by atoms with Gasteiger partial charge in [0.2, 0.25) is 0 Å². The highest BCUT2D eigenvalue weighted by molar-refractivity contribution is 5.28. The number of aryl methyl sites for hydroxylation is 1. The first-order chi connectivity index (χ1) is 11.7. The number of aliphatic hydroxyl groups excluding tert-OH is 1. The van der Waals surface area contributed by atoms with Crippen molar-refractivity contribution >= 4 is 0 Å². The average molecular weight is 329 g/mol. The first-order valence-corrected chi connectivity index (χ1v) is 8.67. The van der Waals surface area contributed by atoms with Crippen molar-refractivity contribution in [3.63, 3.8) is 0 Å². The molecule has 0 saturated heterocycles. The summed E-state index contributed by atoms with van der Waals surface area (Å²) in [5, 5.41) is 14.1. The molecule has 0 atom stereocenters. The van der Waals surface area contributed by atoms with Crippen LogP contribution in [0.1, 0.15) is 36.9 Å². The number of benzene rings is 1. The van der Waals surface area contributed by atoms with Crippen LogP contribution in [0.2, 0.25) is 0 Å². The zero-order valence-corrected chi connectivity index (χ0v) is 14.6. The number of nitrogens with zero attached hydrogens (tertiary/aromatic N) is 3. The molecule has 3 rings (SSSR count). The van der Waals surface area contributed by atoms with Crippen LogP contribution < -0.4 is 4.74 Å². The molecule has 1 aromatic carbocycles. The molecule has 5 heteroatoms. The molecule has 24 heavy (non-hydrogen) atoms. The number of aromatic nitrogens is 2. The van der Waals surface area contributed by atoms with Gasteiger partial charge in [-0.15, -0.1) is 0 Å². The van der Waals surface area contributed by atoms with Gasteiger partial charge in [-0.05, 0) is 49.4 Å². The van der Waals surface area contributed by atoms with E-state index in [1.54, 1.807) is 7.11 Å². The van der Waals surface area contributed by atoms with Gasteiger partial charge in [0.1, 0.15) is 5.75 Å². The molecule has 1 saturated carbocycles. The van der Waals surface area contributed by atoms with E-state index in [1.165, 1.54) is 11.3 Å². The van der Waals surface area contributed by atoms with Crippen LogP contribution in [0.5, 0.6) is 5.75 Å². The van der Waals surface area contributed by atoms with E-state index in [0.717, 1.165) is 44.5 Å². The summed E-state index contributed by atoms with van der Waals surface area (Å²) in [4.78, 5) is 2.51. The first kappa shape index (κ1) is 17.0. The van der Waals surface area contributed by atoms with Crippen molar-refractivity contribution in [2.45, 2.75) is 50.9 Å². The molecular formula is C19H27N3O2. The van der Waals surface area contributed by atoms with Crippen LogP contribution in [0.4, 0.5) is 0 Å². The van der Waals surface area contributed by atoms with E-state index in [2.05, 4.69) is 28.2 Å². The van der Waals surface area contributed by atoms with Gasteiger partial charge in [-0.3, -0.25) is 9.58 Å². The lowest BCUT2D eigenvalue weighted by molar-refractivity contribution is 0.0654. The highest BCUT2D eigenvalue weighted by Crippen LogP contribution is 2.26. The SMILES string of the molecule is COc1cccc(CN(Cc2ccnn2C)C2CCC(O)CC2)c1. The fourth-order valence-electron chi connectivity index (χ4n) is 3.51. The van der Waals surface area contributed by atoms with E-state index in [4.69, 9.17) is 4.74 Å². The highest BCUT2D eigenvalue weighted by atomic mass is 16.5. The van der Waals surface area contributed by atoms with E-state index < -0.39 is 0 Å². The van der Waals surface area contributed by atoms with E-state index in [1.807, 2.05) is 30.1 Å². The zero-order chi connectivity index (χ0) is 16.9. The molecule has 130 valence electrons. The van der Waals surface area contributed by atoms with Gasteiger partial charge < -0.3 is 9.84 Å². The summed E-state index contributed by atoms with van der Waals surface area (Å²) < 4.78 is 7.30. The largest absolute Gasteiger partial charge is 0.497 e. The molecule has 1 N–H and O–H groups in total. The molecule has 2 aromatic rings. The summed E-state index contributed by atoms with van der Waals surface area (Å²) in [5.41, 5.74) is 2.46. The molecule has 1 heterocycles. The Morgan fingerprint density at radius 1 is 1.21 bits per heavy atom. The Labute approximate surface area is 143 Å². The average Bonchev–Trinajstić information content (AvgIpc) is 3.00. The second-order valence-electron chi connectivity index (χ2n) is 6.67. The number of hydrogen-bond donors (Lipinski definition) is 1. The van der Waals surface area contributed by atoms with E-state index >= 15 is 0 Å². The summed E-state index contributed by atoms with van der Waals surface area (Å²) in [6.45, 7) is 1.75. The summed E-state index contributed by atoms with van der Waals surface area (Å²) >= 11 is 0. The zero-order valence-electron chi connectivity index (χ0n) is 14.6. The van der Waals surface area contributed by atoms with Crippen LogP contribution in [0.15, 0.2) is 36.5 Å². The molecule has 1 fully saturated rings. The predicted molar refractivity (Wildman–Crippen MR) is 93.7 cm³/mol. The van der Waals surface area contributed by atoms with Crippen LogP contribution in [0.25, 0.3) is 0 Å². The van der Waals surface area contributed by atoms with Gasteiger partial charge in [0.15, 0.2) is 0 Å². The molecule has 0 unspecified atom stereocenters. The Bertz CT molecular complexity index is 648. The fraction of sp³-hybridized carbons (Fsp3) is 0.526. The minimum Gasteiger partial charge on any atom is -0.497 e. The van der Waals surface area contributed by atoms with E-state index in [-0.39, 0.29) is 6.10 Å². The molecule has 0 amide bonds. The van der Waals surface area contributed by atoms with Crippen molar-refractivity contribution in [1.29, 1.82) is 0 Å². The summed E-state index contributed by atoms with van der Waals surface area (Å²) in [6, 6.07) is 10.8. The van der Waals surface area contributed by atoms with Gasteiger partial charge in [-0.1, -0.05) is 12.1 Å². The molecule has 0 spiro atoms. The number of hydrogen-bond acceptors (Lipinski definition) is 4. The summed E-state index contributed by atoms with van der Waals surface area (Å²) in [5.74, 6) is 0.895. The molecule has 0 bridgehead atoms. The van der Waals surface area contributed by atoms with Crippen molar-refractivity contribution in [2.75, 3.05) is 7.11 Å². The minimum atomic E-state index is -0.128. The number of rotatable bonds is 6. The van der Waals surface area contributed by atoms with E-state index in [9.17, 15) is 5.11 Å². The Morgan fingerprint density at radius 3 is 2.67 bits per heavy atom. The van der Waals surface area contributed by atoms with Crippen LogP contribution in [0, 0.1) is 0 Å². The molecule has 5 nitrogen and oxygen atoms in total. The maximum absolute atomic E-state index is 9.82. The molecular weight excluding hydrogens is 302 g/mol. The Balaban J connectivity index is 1.77. The lowest BCUT2D eigenvalue weighted by Gasteiger charge is -2.36. The van der Waals surface area contributed by atoms with Crippen molar-refractivity contribution in [1.82, 2.24) is 14.7 Å². The van der Waals surface area contributed by atoms with E-state index in [0.29, 0.717) is 6.04 Å². The van der Waals surface area contributed by atoms with Crippen molar-refractivity contribution in [3.8, 4) is 5.75 Å². The molecule has 1 aliphatic carbocycles. The third kappa shape index (κ3) is 4.16. The maximum atomic E-state index is 9.82. The third-order valence-corrected chi connectivity index (χ3v) is 4.99. The van der Waals surface area contributed by atoms with Gasteiger partial charge in [-0.25, -0.2) is 0 Å². The quantitative estimate of drug-likeness (QED) is 0.885. The molecule has 0 radical (unpaired) electrons.